The smallest absolute Gasteiger partial charge is 0.336 e. The van der Waals surface area contributed by atoms with E-state index in [1.807, 2.05) is 35.0 Å². The van der Waals surface area contributed by atoms with Crippen LogP contribution in [0.3, 0.4) is 0 Å². The molecule has 1 N–H and O–H groups in total. The number of barbiturate groups is 1. The van der Waals surface area contributed by atoms with E-state index < -0.39 is 17.8 Å². The zero-order chi connectivity index (χ0) is 22.7. The van der Waals surface area contributed by atoms with Crippen LogP contribution in [-0.4, -0.2) is 36.1 Å². The van der Waals surface area contributed by atoms with Gasteiger partial charge in [0.05, 0.1) is 19.4 Å². The Morgan fingerprint density at radius 3 is 2.44 bits per heavy atom. The molecule has 0 bridgehead atoms. The Morgan fingerprint density at radius 1 is 0.969 bits per heavy atom. The van der Waals surface area contributed by atoms with Crippen molar-refractivity contribution in [2.24, 2.45) is 0 Å². The zero-order valence-corrected chi connectivity index (χ0v) is 17.6. The van der Waals surface area contributed by atoms with Gasteiger partial charge < -0.3 is 14.0 Å². The second-order valence-electron chi connectivity index (χ2n) is 6.86. The zero-order valence-electron chi connectivity index (χ0n) is 17.6. The summed E-state index contributed by atoms with van der Waals surface area (Å²) in [6.07, 6.45) is 3.28. The van der Waals surface area contributed by atoms with E-state index in [-0.39, 0.29) is 11.3 Å². The van der Waals surface area contributed by atoms with Crippen LogP contribution in [0.4, 0.5) is 10.5 Å². The van der Waals surface area contributed by atoms with Crippen molar-refractivity contribution in [3.63, 3.8) is 0 Å². The van der Waals surface area contributed by atoms with E-state index >= 15 is 0 Å². The lowest BCUT2D eigenvalue weighted by molar-refractivity contribution is -0.122. The minimum atomic E-state index is -0.824. The molecule has 4 amide bonds. The van der Waals surface area contributed by atoms with Crippen molar-refractivity contribution in [1.82, 2.24) is 9.88 Å². The van der Waals surface area contributed by atoms with Gasteiger partial charge in [0.25, 0.3) is 11.8 Å². The molecule has 1 aromatic heterocycles. The van der Waals surface area contributed by atoms with Crippen LogP contribution in [0.25, 0.3) is 11.8 Å². The van der Waals surface area contributed by atoms with E-state index in [1.54, 1.807) is 50.4 Å². The molecule has 2 aromatic carbocycles. The summed E-state index contributed by atoms with van der Waals surface area (Å²) in [5.74, 6) is -0.403. The number of amides is 4. The number of nitrogens with zero attached hydrogens (tertiary/aromatic N) is 2. The highest BCUT2D eigenvalue weighted by atomic mass is 16.5. The van der Waals surface area contributed by atoms with Crippen molar-refractivity contribution in [3.05, 3.63) is 78.1 Å². The number of methoxy groups -OCH3 is 1. The topological polar surface area (TPSA) is 89.9 Å². The summed E-state index contributed by atoms with van der Waals surface area (Å²) in [7, 11) is 1.59. The molecule has 1 aliphatic heterocycles. The van der Waals surface area contributed by atoms with Crippen molar-refractivity contribution >= 4 is 29.6 Å². The van der Waals surface area contributed by atoms with Crippen LogP contribution in [0.15, 0.2) is 72.4 Å². The predicted octanol–water partition coefficient (Wildman–Crippen LogP) is 3.55. The van der Waals surface area contributed by atoms with Gasteiger partial charge in [0.2, 0.25) is 0 Å². The van der Waals surface area contributed by atoms with Gasteiger partial charge in [-0.05, 0) is 61.5 Å². The van der Waals surface area contributed by atoms with Gasteiger partial charge in [-0.3, -0.25) is 14.9 Å². The van der Waals surface area contributed by atoms with Gasteiger partial charge in [0.15, 0.2) is 0 Å². The first-order valence-electron chi connectivity index (χ1n) is 9.98. The summed E-state index contributed by atoms with van der Waals surface area (Å²) in [5.41, 5.74) is 1.52. The molecule has 1 fully saturated rings. The summed E-state index contributed by atoms with van der Waals surface area (Å²) in [4.78, 5) is 39.3. The lowest BCUT2D eigenvalue weighted by Crippen LogP contribution is -2.54. The third-order valence-electron chi connectivity index (χ3n) is 4.93. The van der Waals surface area contributed by atoms with E-state index in [0.29, 0.717) is 23.8 Å². The molecule has 0 saturated carbocycles. The van der Waals surface area contributed by atoms with Gasteiger partial charge in [0.1, 0.15) is 17.1 Å². The minimum Gasteiger partial charge on any atom is -0.497 e. The van der Waals surface area contributed by atoms with E-state index in [2.05, 4.69) is 5.32 Å². The number of imide groups is 2. The second kappa shape index (κ2) is 8.81. The Bertz CT molecular complexity index is 1210. The van der Waals surface area contributed by atoms with Gasteiger partial charge in [0, 0.05) is 17.6 Å². The molecule has 0 atom stereocenters. The molecule has 0 aliphatic carbocycles. The highest BCUT2D eigenvalue weighted by Gasteiger charge is 2.38. The molecule has 8 heteroatoms. The average Bonchev–Trinajstić information content (AvgIpc) is 3.26. The first-order chi connectivity index (χ1) is 15.5. The van der Waals surface area contributed by atoms with Crippen molar-refractivity contribution in [2.75, 3.05) is 18.6 Å². The second-order valence-corrected chi connectivity index (χ2v) is 6.86. The number of ether oxygens (including phenoxy) is 2. The van der Waals surface area contributed by atoms with E-state index in [0.717, 1.165) is 10.6 Å². The maximum Gasteiger partial charge on any atom is 0.336 e. The van der Waals surface area contributed by atoms with Gasteiger partial charge in [-0.1, -0.05) is 12.1 Å². The number of benzene rings is 2. The van der Waals surface area contributed by atoms with E-state index in [9.17, 15) is 14.4 Å². The summed E-state index contributed by atoms with van der Waals surface area (Å²) in [6, 6.07) is 16.8. The van der Waals surface area contributed by atoms with Crippen molar-refractivity contribution in [2.45, 2.75) is 6.92 Å². The average molecular weight is 431 g/mol. The van der Waals surface area contributed by atoms with Crippen molar-refractivity contribution in [1.29, 1.82) is 0 Å². The molecule has 32 heavy (non-hydrogen) atoms. The molecular formula is C24H21N3O5. The SMILES string of the molecule is CCOc1ccccc1N1C(=O)NC(=O)/C(=C\c2cccn2-c2ccc(OC)cc2)C1=O. The fourth-order valence-electron chi connectivity index (χ4n) is 3.43. The number of carbonyl (C=O) groups is 3. The number of rotatable bonds is 6. The Balaban J connectivity index is 1.73. The normalized spacial score (nSPS) is 15.1. The fraction of sp³-hybridized carbons (Fsp3) is 0.125. The summed E-state index contributed by atoms with van der Waals surface area (Å²) in [6.45, 7) is 2.16. The van der Waals surface area contributed by atoms with Crippen LogP contribution >= 0.6 is 0 Å². The maximum atomic E-state index is 13.3. The number of anilines is 1. The third kappa shape index (κ3) is 3.85. The molecule has 2 heterocycles. The standard InChI is InChI=1S/C24H21N3O5/c1-3-32-21-9-5-4-8-20(21)27-23(29)19(22(28)25-24(27)30)15-17-7-6-14-26(17)16-10-12-18(31-2)13-11-16/h4-15H,3H2,1-2H3,(H,25,28,30)/b19-15+. The van der Waals surface area contributed by atoms with Crippen LogP contribution in [-0.2, 0) is 9.59 Å². The predicted molar refractivity (Wildman–Crippen MR) is 119 cm³/mol. The van der Waals surface area contributed by atoms with Gasteiger partial charge in [-0.15, -0.1) is 0 Å². The summed E-state index contributed by atoms with van der Waals surface area (Å²) < 4.78 is 12.6. The Kier molecular flexibility index (Phi) is 5.76. The highest BCUT2D eigenvalue weighted by Crippen LogP contribution is 2.31. The molecular weight excluding hydrogens is 410 g/mol. The molecule has 0 unspecified atom stereocenters. The summed E-state index contributed by atoms with van der Waals surface area (Å²) in [5, 5.41) is 2.24. The van der Waals surface area contributed by atoms with Gasteiger partial charge in [-0.2, -0.15) is 0 Å². The monoisotopic (exact) mass is 431 g/mol. The van der Waals surface area contributed by atoms with Crippen molar-refractivity contribution < 1.29 is 23.9 Å². The lowest BCUT2D eigenvalue weighted by atomic mass is 10.1. The van der Waals surface area contributed by atoms with E-state index in [4.69, 9.17) is 9.47 Å². The molecule has 0 spiro atoms. The molecule has 8 nitrogen and oxygen atoms in total. The number of hydrogen-bond acceptors (Lipinski definition) is 5. The van der Waals surface area contributed by atoms with Crippen LogP contribution in [0.2, 0.25) is 0 Å². The van der Waals surface area contributed by atoms with Crippen LogP contribution in [0.5, 0.6) is 11.5 Å². The van der Waals surface area contributed by atoms with Gasteiger partial charge in [-0.25, -0.2) is 9.69 Å². The Hall–Kier alpha value is -4.33. The van der Waals surface area contributed by atoms with Crippen molar-refractivity contribution in [3.8, 4) is 17.2 Å². The van der Waals surface area contributed by atoms with Crippen LogP contribution in [0.1, 0.15) is 12.6 Å². The Morgan fingerprint density at radius 2 is 1.72 bits per heavy atom. The number of urea groups is 1. The Labute approximate surface area is 184 Å². The minimum absolute atomic E-state index is 0.163. The largest absolute Gasteiger partial charge is 0.497 e. The number of hydrogen-bond donors (Lipinski definition) is 1. The summed E-state index contributed by atoms with van der Waals surface area (Å²) >= 11 is 0. The number of nitrogens with one attached hydrogen (secondary N) is 1. The van der Waals surface area contributed by atoms with Gasteiger partial charge >= 0.3 is 6.03 Å². The molecule has 4 rings (SSSR count). The highest BCUT2D eigenvalue weighted by molar-refractivity contribution is 6.39. The molecule has 3 aromatic rings. The van der Waals surface area contributed by atoms with Crippen LogP contribution < -0.4 is 19.7 Å². The molecule has 162 valence electrons. The first kappa shape index (κ1) is 20.9. The maximum absolute atomic E-state index is 13.3. The number of carbonyl (C=O) groups excluding carboxylic acids is 3. The van der Waals surface area contributed by atoms with E-state index in [1.165, 1.54) is 6.08 Å². The van der Waals surface area contributed by atoms with Crippen LogP contribution in [0, 0.1) is 0 Å². The fourth-order valence-corrected chi connectivity index (χ4v) is 3.43. The molecule has 1 aliphatic rings. The molecule has 0 radical (unpaired) electrons. The number of aromatic nitrogens is 1. The molecule has 1 saturated heterocycles. The lowest BCUT2D eigenvalue weighted by Gasteiger charge is -2.27. The number of para-hydroxylation sites is 2. The third-order valence-corrected chi connectivity index (χ3v) is 4.93. The quantitative estimate of drug-likeness (QED) is 0.476. The first-order valence-corrected chi connectivity index (χ1v) is 9.98.